The van der Waals surface area contributed by atoms with Crippen molar-refractivity contribution in [3.05, 3.63) is 35.9 Å². The van der Waals surface area contributed by atoms with Crippen molar-refractivity contribution in [3.8, 4) is 5.75 Å². The van der Waals surface area contributed by atoms with Crippen molar-refractivity contribution in [2.24, 2.45) is 0 Å². The Bertz CT molecular complexity index is 376. The zero-order valence-corrected chi connectivity index (χ0v) is 10.8. The summed E-state index contributed by atoms with van der Waals surface area (Å²) >= 11 is 3.33. The molecule has 0 fully saturated rings. The molecule has 0 radical (unpaired) electrons. The average molecular weight is 282 g/mol. The van der Waals surface area contributed by atoms with Gasteiger partial charge < -0.3 is 10.1 Å². The lowest BCUT2D eigenvalue weighted by Crippen LogP contribution is -2.11. The van der Waals surface area contributed by atoms with Crippen LogP contribution in [-0.4, -0.2) is 18.5 Å². The monoisotopic (exact) mass is 281 g/mol. The Morgan fingerprint density at radius 1 is 1.38 bits per heavy atom. The van der Waals surface area contributed by atoms with Crippen LogP contribution in [0.15, 0.2) is 30.4 Å². The summed E-state index contributed by atoms with van der Waals surface area (Å²) < 4.78 is 5.64. The summed E-state index contributed by atoms with van der Waals surface area (Å²) in [6, 6.07) is 6.28. The third-order valence-corrected chi connectivity index (χ3v) is 2.99. The van der Waals surface area contributed by atoms with Crippen molar-refractivity contribution < 1.29 is 4.74 Å². The van der Waals surface area contributed by atoms with Crippen LogP contribution in [0.4, 0.5) is 5.69 Å². The van der Waals surface area contributed by atoms with Gasteiger partial charge in [0.05, 0.1) is 0 Å². The molecule has 0 unspecified atom stereocenters. The zero-order chi connectivity index (χ0) is 11.2. The normalized spacial score (nSPS) is 14.6. The fourth-order valence-electron chi connectivity index (χ4n) is 1.82. The van der Waals surface area contributed by atoms with Gasteiger partial charge in [-0.1, -0.05) is 28.1 Å². The molecule has 1 aliphatic rings. The second kappa shape index (κ2) is 5.94. The Morgan fingerprint density at radius 2 is 2.31 bits per heavy atom. The standard InChI is InChI=1S/C13H16BrNO/c14-7-1-2-9-16-12-5-6-13-11(10-12)4-3-8-15-13/h1-2,5-6,10,15H,3-4,7-9H2. The SMILES string of the molecule is BrCC=CCOc1ccc2c(c1)CCCN2. The molecule has 1 aromatic carbocycles. The number of ether oxygens (including phenoxy) is 1. The van der Waals surface area contributed by atoms with Gasteiger partial charge in [0.15, 0.2) is 0 Å². The number of anilines is 1. The Labute approximate surface area is 105 Å². The highest BCUT2D eigenvalue weighted by Gasteiger charge is 2.08. The first-order valence-electron chi connectivity index (χ1n) is 5.61. The van der Waals surface area contributed by atoms with Gasteiger partial charge in [-0.2, -0.15) is 0 Å². The molecule has 2 nitrogen and oxygen atoms in total. The van der Waals surface area contributed by atoms with Crippen LogP contribution in [-0.2, 0) is 6.42 Å². The molecule has 1 N–H and O–H groups in total. The van der Waals surface area contributed by atoms with E-state index in [2.05, 4.69) is 33.4 Å². The minimum Gasteiger partial charge on any atom is -0.490 e. The van der Waals surface area contributed by atoms with Gasteiger partial charge in [-0.3, -0.25) is 0 Å². The largest absolute Gasteiger partial charge is 0.490 e. The molecule has 1 aromatic rings. The number of allylic oxidation sites excluding steroid dienone is 1. The van der Waals surface area contributed by atoms with Gasteiger partial charge in [-0.05, 0) is 36.6 Å². The van der Waals surface area contributed by atoms with Crippen LogP contribution in [0.3, 0.4) is 0 Å². The number of aryl methyl sites for hydroxylation is 1. The van der Waals surface area contributed by atoms with Gasteiger partial charge in [0.25, 0.3) is 0 Å². The van der Waals surface area contributed by atoms with E-state index < -0.39 is 0 Å². The molecular formula is C13H16BrNO. The predicted octanol–water partition coefficient (Wildman–Crippen LogP) is 3.37. The van der Waals surface area contributed by atoms with Crippen LogP contribution in [0, 0.1) is 0 Å². The van der Waals surface area contributed by atoms with Gasteiger partial charge in [-0.25, -0.2) is 0 Å². The first kappa shape index (κ1) is 11.5. The molecular weight excluding hydrogens is 266 g/mol. The molecule has 16 heavy (non-hydrogen) atoms. The molecule has 86 valence electrons. The van der Waals surface area contributed by atoms with Crippen molar-refractivity contribution in [1.29, 1.82) is 0 Å². The number of hydrogen-bond donors (Lipinski definition) is 1. The Balaban J connectivity index is 1.97. The number of benzene rings is 1. The fourth-order valence-corrected chi connectivity index (χ4v) is 2.08. The van der Waals surface area contributed by atoms with Crippen molar-refractivity contribution >= 4 is 21.6 Å². The van der Waals surface area contributed by atoms with E-state index >= 15 is 0 Å². The molecule has 0 atom stereocenters. The zero-order valence-electron chi connectivity index (χ0n) is 9.21. The maximum Gasteiger partial charge on any atom is 0.120 e. The molecule has 0 saturated carbocycles. The summed E-state index contributed by atoms with van der Waals surface area (Å²) in [6.45, 7) is 1.72. The van der Waals surface area contributed by atoms with Crippen LogP contribution in [0.1, 0.15) is 12.0 Å². The number of rotatable bonds is 4. The second-order valence-corrected chi connectivity index (χ2v) is 4.43. The van der Waals surface area contributed by atoms with Crippen molar-refractivity contribution in [3.63, 3.8) is 0 Å². The lowest BCUT2D eigenvalue weighted by Gasteiger charge is -2.18. The van der Waals surface area contributed by atoms with E-state index in [0.717, 1.165) is 24.0 Å². The molecule has 3 heteroatoms. The number of halogens is 1. The molecule has 1 heterocycles. The van der Waals surface area contributed by atoms with E-state index in [9.17, 15) is 0 Å². The Hall–Kier alpha value is -0.960. The quantitative estimate of drug-likeness (QED) is 0.675. The summed E-state index contributed by atoms with van der Waals surface area (Å²) in [4.78, 5) is 0. The first-order valence-corrected chi connectivity index (χ1v) is 6.73. The smallest absolute Gasteiger partial charge is 0.120 e. The van der Waals surface area contributed by atoms with E-state index in [4.69, 9.17) is 4.74 Å². The highest BCUT2D eigenvalue weighted by Crippen LogP contribution is 2.26. The first-order chi connectivity index (χ1) is 7.90. The van der Waals surface area contributed by atoms with Gasteiger partial charge in [0.1, 0.15) is 12.4 Å². The van der Waals surface area contributed by atoms with Crippen molar-refractivity contribution in [1.82, 2.24) is 0 Å². The average Bonchev–Trinajstić information content (AvgIpc) is 2.34. The summed E-state index contributed by atoms with van der Waals surface area (Å²) in [5.74, 6) is 0.960. The van der Waals surface area contributed by atoms with Crippen LogP contribution in [0.2, 0.25) is 0 Å². The van der Waals surface area contributed by atoms with E-state index in [1.807, 2.05) is 18.2 Å². The molecule has 2 rings (SSSR count). The molecule has 0 aromatic heterocycles. The van der Waals surface area contributed by atoms with Crippen LogP contribution in [0.25, 0.3) is 0 Å². The van der Waals surface area contributed by atoms with Crippen LogP contribution >= 0.6 is 15.9 Å². The highest BCUT2D eigenvalue weighted by atomic mass is 79.9. The molecule has 0 spiro atoms. The van der Waals surface area contributed by atoms with Gasteiger partial charge in [-0.15, -0.1) is 0 Å². The fraction of sp³-hybridized carbons (Fsp3) is 0.385. The maximum atomic E-state index is 5.64. The summed E-state index contributed by atoms with van der Waals surface area (Å²) in [7, 11) is 0. The lowest BCUT2D eigenvalue weighted by atomic mass is 10.0. The third kappa shape index (κ3) is 3.01. The van der Waals surface area contributed by atoms with Crippen molar-refractivity contribution in [2.75, 3.05) is 23.8 Å². The number of alkyl halides is 1. The summed E-state index contributed by atoms with van der Waals surface area (Å²) in [6.07, 6.45) is 6.42. The van der Waals surface area contributed by atoms with Crippen LogP contribution < -0.4 is 10.1 Å². The molecule has 0 amide bonds. The topological polar surface area (TPSA) is 21.3 Å². The number of fused-ring (bicyclic) bond motifs is 1. The summed E-state index contributed by atoms with van der Waals surface area (Å²) in [5.41, 5.74) is 2.63. The minimum absolute atomic E-state index is 0.637. The summed E-state index contributed by atoms with van der Waals surface area (Å²) in [5, 5.41) is 4.27. The Morgan fingerprint density at radius 3 is 3.19 bits per heavy atom. The minimum atomic E-state index is 0.637. The predicted molar refractivity (Wildman–Crippen MR) is 71.7 cm³/mol. The number of nitrogens with one attached hydrogen (secondary N) is 1. The molecule has 0 aliphatic carbocycles. The lowest BCUT2D eigenvalue weighted by molar-refractivity contribution is 0.362. The Kier molecular flexibility index (Phi) is 4.28. The maximum absolute atomic E-state index is 5.64. The van der Waals surface area contributed by atoms with E-state index in [1.165, 1.54) is 17.7 Å². The van der Waals surface area contributed by atoms with E-state index in [-0.39, 0.29) is 0 Å². The van der Waals surface area contributed by atoms with Gasteiger partial charge in [0, 0.05) is 17.6 Å². The van der Waals surface area contributed by atoms with Crippen molar-refractivity contribution in [2.45, 2.75) is 12.8 Å². The second-order valence-electron chi connectivity index (χ2n) is 3.79. The number of hydrogen-bond acceptors (Lipinski definition) is 2. The van der Waals surface area contributed by atoms with Gasteiger partial charge >= 0.3 is 0 Å². The van der Waals surface area contributed by atoms with E-state index in [1.54, 1.807) is 0 Å². The van der Waals surface area contributed by atoms with Crippen LogP contribution in [0.5, 0.6) is 5.75 Å². The highest BCUT2D eigenvalue weighted by molar-refractivity contribution is 9.09. The third-order valence-electron chi connectivity index (χ3n) is 2.62. The van der Waals surface area contributed by atoms with Gasteiger partial charge in [0.2, 0.25) is 0 Å². The molecule has 0 bridgehead atoms. The van der Waals surface area contributed by atoms with E-state index in [0.29, 0.717) is 6.61 Å². The molecule has 1 aliphatic heterocycles. The molecule has 0 saturated heterocycles.